The molecule has 0 aliphatic carbocycles. The van der Waals surface area contributed by atoms with Crippen molar-refractivity contribution in [2.45, 2.75) is 16.4 Å². The Hall–Kier alpha value is -1.03. The molecule has 0 aromatic heterocycles. The van der Waals surface area contributed by atoms with Crippen LogP contribution in [0.3, 0.4) is 0 Å². The number of aliphatic hydroxyl groups excluding tert-OH is 1. The second kappa shape index (κ2) is 5.54. The summed E-state index contributed by atoms with van der Waals surface area (Å²) >= 11 is 7.48. The molecule has 0 spiro atoms. The molecule has 2 aromatic carbocycles. The zero-order valence-corrected chi connectivity index (χ0v) is 10.4. The summed E-state index contributed by atoms with van der Waals surface area (Å²) < 4.78 is 12.7. The minimum absolute atomic E-state index is 0.0691. The van der Waals surface area contributed by atoms with Gasteiger partial charge in [0.25, 0.3) is 0 Å². The van der Waals surface area contributed by atoms with Crippen molar-refractivity contribution in [3.05, 3.63) is 58.9 Å². The molecule has 0 heterocycles. The highest BCUT2D eigenvalue weighted by molar-refractivity contribution is 7.99. The summed E-state index contributed by atoms with van der Waals surface area (Å²) in [6, 6.07) is 11.7. The number of benzene rings is 2. The van der Waals surface area contributed by atoms with Crippen LogP contribution in [0.4, 0.5) is 4.39 Å². The minimum Gasteiger partial charge on any atom is -0.392 e. The molecule has 2 rings (SSSR count). The maximum absolute atomic E-state index is 12.7. The summed E-state index contributed by atoms with van der Waals surface area (Å²) in [5.74, 6) is -0.247. The van der Waals surface area contributed by atoms with Crippen LogP contribution in [0, 0.1) is 5.82 Å². The Kier molecular flexibility index (Phi) is 4.05. The fourth-order valence-electron chi connectivity index (χ4n) is 1.36. The smallest absolute Gasteiger partial charge is 0.123 e. The molecule has 0 bridgehead atoms. The highest BCUT2D eigenvalue weighted by Gasteiger charge is 2.02. The van der Waals surface area contributed by atoms with Crippen LogP contribution >= 0.6 is 23.4 Å². The van der Waals surface area contributed by atoms with Gasteiger partial charge in [0.15, 0.2) is 0 Å². The van der Waals surface area contributed by atoms with E-state index in [0.717, 1.165) is 9.79 Å². The molecule has 0 fully saturated rings. The maximum Gasteiger partial charge on any atom is 0.123 e. The van der Waals surface area contributed by atoms with E-state index < -0.39 is 0 Å². The van der Waals surface area contributed by atoms with Gasteiger partial charge < -0.3 is 5.11 Å². The number of hydrogen-bond donors (Lipinski definition) is 1. The average molecular weight is 269 g/mol. The van der Waals surface area contributed by atoms with Gasteiger partial charge >= 0.3 is 0 Å². The Morgan fingerprint density at radius 3 is 2.29 bits per heavy atom. The molecule has 1 N–H and O–H groups in total. The van der Waals surface area contributed by atoms with E-state index in [0.29, 0.717) is 10.6 Å². The molecule has 0 saturated heterocycles. The van der Waals surface area contributed by atoms with Crippen LogP contribution in [-0.2, 0) is 6.61 Å². The van der Waals surface area contributed by atoms with E-state index >= 15 is 0 Å². The topological polar surface area (TPSA) is 20.2 Å². The van der Waals surface area contributed by atoms with Gasteiger partial charge in [0.1, 0.15) is 5.82 Å². The Morgan fingerprint density at radius 1 is 1.06 bits per heavy atom. The molecule has 0 atom stereocenters. The molecule has 0 aliphatic rings. The van der Waals surface area contributed by atoms with E-state index in [1.807, 2.05) is 6.07 Å². The molecule has 0 aliphatic heterocycles. The quantitative estimate of drug-likeness (QED) is 0.903. The van der Waals surface area contributed by atoms with E-state index in [-0.39, 0.29) is 12.4 Å². The van der Waals surface area contributed by atoms with Gasteiger partial charge in [0, 0.05) is 14.8 Å². The summed E-state index contributed by atoms with van der Waals surface area (Å²) in [7, 11) is 0. The lowest BCUT2D eigenvalue weighted by molar-refractivity contribution is 0.282. The molecule has 88 valence electrons. The molecular formula is C13H10ClFOS. The van der Waals surface area contributed by atoms with Gasteiger partial charge in [-0.1, -0.05) is 29.4 Å². The monoisotopic (exact) mass is 268 g/mol. The third-order valence-corrected chi connectivity index (χ3v) is 3.59. The van der Waals surface area contributed by atoms with E-state index in [9.17, 15) is 4.39 Å². The third-order valence-electron chi connectivity index (χ3n) is 2.24. The van der Waals surface area contributed by atoms with Crippen LogP contribution in [-0.4, -0.2) is 5.11 Å². The standard InChI is InChI=1S/C13H10ClFOS/c14-13-7-12(4-1-9(13)8-16)17-11-5-2-10(15)3-6-11/h1-7,16H,8H2. The Bertz CT molecular complexity index is 513. The SMILES string of the molecule is OCc1ccc(Sc2ccc(F)cc2)cc1Cl. The van der Waals surface area contributed by atoms with E-state index in [2.05, 4.69) is 0 Å². The zero-order valence-electron chi connectivity index (χ0n) is 8.86. The summed E-state index contributed by atoms with van der Waals surface area (Å²) in [4.78, 5) is 1.90. The summed E-state index contributed by atoms with van der Waals surface area (Å²) in [6.07, 6.45) is 0. The zero-order chi connectivity index (χ0) is 12.3. The Morgan fingerprint density at radius 2 is 1.71 bits per heavy atom. The first kappa shape index (κ1) is 12.4. The van der Waals surface area contributed by atoms with Gasteiger partial charge in [0.05, 0.1) is 6.61 Å². The predicted octanol–water partition coefficient (Wildman–Crippen LogP) is 4.12. The Labute approximate surface area is 108 Å². The lowest BCUT2D eigenvalue weighted by atomic mass is 10.2. The number of rotatable bonds is 3. The first-order valence-corrected chi connectivity index (χ1v) is 6.21. The minimum atomic E-state index is -0.247. The van der Waals surface area contributed by atoms with Crippen LogP contribution in [0.25, 0.3) is 0 Å². The van der Waals surface area contributed by atoms with Gasteiger partial charge in [-0.05, 0) is 42.0 Å². The molecule has 0 amide bonds. The highest BCUT2D eigenvalue weighted by Crippen LogP contribution is 2.30. The fraction of sp³-hybridized carbons (Fsp3) is 0.0769. The van der Waals surface area contributed by atoms with Crippen molar-refractivity contribution in [1.29, 1.82) is 0 Å². The summed E-state index contributed by atoms with van der Waals surface area (Å²) in [5.41, 5.74) is 0.704. The van der Waals surface area contributed by atoms with Gasteiger partial charge in [-0.25, -0.2) is 4.39 Å². The van der Waals surface area contributed by atoms with Gasteiger partial charge in [-0.2, -0.15) is 0 Å². The molecule has 2 aromatic rings. The van der Waals surface area contributed by atoms with Gasteiger partial charge in [0.2, 0.25) is 0 Å². The molecule has 1 nitrogen and oxygen atoms in total. The molecule has 4 heteroatoms. The normalized spacial score (nSPS) is 10.5. The van der Waals surface area contributed by atoms with Crippen molar-refractivity contribution < 1.29 is 9.50 Å². The number of halogens is 2. The lowest BCUT2D eigenvalue weighted by Gasteiger charge is -2.05. The maximum atomic E-state index is 12.7. The van der Waals surface area contributed by atoms with E-state index in [1.165, 1.54) is 23.9 Å². The van der Waals surface area contributed by atoms with Crippen LogP contribution in [0.2, 0.25) is 5.02 Å². The second-order valence-corrected chi connectivity index (χ2v) is 5.02. The van der Waals surface area contributed by atoms with Crippen LogP contribution < -0.4 is 0 Å². The molecule has 0 radical (unpaired) electrons. The van der Waals surface area contributed by atoms with Crippen LogP contribution in [0.1, 0.15) is 5.56 Å². The van der Waals surface area contributed by atoms with E-state index in [1.54, 1.807) is 24.3 Å². The van der Waals surface area contributed by atoms with Gasteiger partial charge in [-0.3, -0.25) is 0 Å². The third kappa shape index (κ3) is 3.22. The molecular weight excluding hydrogens is 259 g/mol. The summed E-state index contributed by atoms with van der Waals surface area (Å²) in [6.45, 7) is -0.0691. The molecule has 17 heavy (non-hydrogen) atoms. The number of hydrogen-bond acceptors (Lipinski definition) is 2. The highest BCUT2D eigenvalue weighted by atomic mass is 35.5. The van der Waals surface area contributed by atoms with E-state index in [4.69, 9.17) is 16.7 Å². The first-order chi connectivity index (χ1) is 8.19. The van der Waals surface area contributed by atoms with Crippen LogP contribution in [0.15, 0.2) is 52.3 Å². The average Bonchev–Trinajstić information content (AvgIpc) is 2.32. The van der Waals surface area contributed by atoms with Gasteiger partial charge in [-0.15, -0.1) is 0 Å². The molecule has 0 unspecified atom stereocenters. The van der Waals surface area contributed by atoms with Crippen molar-refractivity contribution in [2.75, 3.05) is 0 Å². The Balaban J connectivity index is 2.19. The first-order valence-electron chi connectivity index (χ1n) is 5.02. The molecule has 0 saturated carbocycles. The summed E-state index contributed by atoms with van der Waals surface area (Å²) in [5, 5.41) is 9.54. The fourth-order valence-corrected chi connectivity index (χ4v) is 2.52. The van der Waals surface area contributed by atoms with Crippen LogP contribution in [0.5, 0.6) is 0 Å². The predicted molar refractivity (Wildman–Crippen MR) is 67.9 cm³/mol. The largest absolute Gasteiger partial charge is 0.392 e. The van der Waals surface area contributed by atoms with Crippen molar-refractivity contribution in [3.8, 4) is 0 Å². The lowest BCUT2D eigenvalue weighted by Crippen LogP contribution is -1.84. The van der Waals surface area contributed by atoms with Crippen molar-refractivity contribution >= 4 is 23.4 Å². The van der Waals surface area contributed by atoms with Crippen molar-refractivity contribution in [3.63, 3.8) is 0 Å². The van der Waals surface area contributed by atoms with Crippen molar-refractivity contribution in [2.24, 2.45) is 0 Å². The second-order valence-electron chi connectivity index (χ2n) is 3.47. The number of aliphatic hydroxyl groups is 1. The van der Waals surface area contributed by atoms with Crippen molar-refractivity contribution in [1.82, 2.24) is 0 Å².